The normalized spacial score (nSPS) is 11.2. The largest absolute Gasteiger partial charge is 0.338 e. The summed E-state index contributed by atoms with van der Waals surface area (Å²) < 4.78 is 0. The molecule has 0 unspecified atom stereocenters. The Kier molecular flexibility index (Phi) is 2.12. The van der Waals surface area contributed by atoms with E-state index in [0.717, 1.165) is 22.4 Å². The number of hydrogen-bond donors (Lipinski definition) is 1. The predicted octanol–water partition coefficient (Wildman–Crippen LogP) is 3.78. The van der Waals surface area contributed by atoms with Crippen LogP contribution in [-0.2, 0) is 0 Å². The molecule has 4 aromatic rings. The minimum absolute atomic E-state index is 0.883. The zero-order valence-corrected chi connectivity index (χ0v) is 10.2. The van der Waals surface area contributed by atoms with Crippen LogP contribution in [-0.4, -0.2) is 15.0 Å². The van der Waals surface area contributed by atoms with E-state index in [0.29, 0.717) is 0 Å². The smallest absolute Gasteiger partial charge is 0.138 e. The molecule has 0 atom stereocenters. The van der Waals surface area contributed by atoms with Crippen LogP contribution in [0.3, 0.4) is 0 Å². The summed E-state index contributed by atoms with van der Waals surface area (Å²) in [6, 6.07) is 16.4. The summed E-state index contributed by atoms with van der Waals surface area (Å²) in [5, 5.41) is 2.39. The molecule has 4 rings (SSSR count). The van der Waals surface area contributed by atoms with Crippen molar-refractivity contribution in [2.75, 3.05) is 0 Å². The molecule has 2 aromatic heterocycles. The van der Waals surface area contributed by atoms with Crippen molar-refractivity contribution in [1.82, 2.24) is 15.0 Å². The molecular weight excluding hydrogens is 234 g/mol. The van der Waals surface area contributed by atoms with E-state index in [1.165, 1.54) is 10.8 Å². The van der Waals surface area contributed by atoms with Gasteiger partial charge in [-0.1, -0.05) is 30.3 Å². The van der Waals surface area contributed by atoms with Gasteiger partial charge in [0.05, 0.1) is 11.0 Å². The van der Waals surface area contributed by atoms with Crippen molar-refractivity contribution in [2.45, 2.75) is 0 Å². The molecule has 0 aliphatic carbocycles. The van der Waals surface area contributed by atoms with Gasteiger partial charge in [-0.2, -0.15) is 0 Å². The van der Waals surface area contributed by atoms with Gasteiger partial charge in [-0.05, 0) is 23.6 Å². The standard InChI is InChI=1S/C16H11N3/c1-2-4-13-11(3-1)5-6-14-15(13)19-16(18-14)12-7-9-17-10-8-12/h1-10H,(H,18,19). The molecule has 0 saturated carbocycles. The van der Waals surface area contributed by atoms with E-state index >= 15 is 0 Å². The third kappa shape index (κ3) is 1.59. The van der Waals surface area contributed by atoms with Crippen molar-refractivity contribution in [3.8, 4) is 11.4 Å². The summed E-state index contributed by atoms with van der Waals surface area (Å²) >= 11 is 0. The summed E-state index contributed by atoms with van der Waals surface area (Å²) in [5.74, 6) is 0.883. The molecule has 3 nitrogen and oxygen atoms in total. The Morgan fingerprint density at radius 2 is 1.68 bits per heavy atom. The van der Waals surface area contributed by atoms with Crippen LogP contribution in [0.1, 0.15) is 0 Å². The van der Waals surface area contributed by atoms with Crippen molar-refractivity contribution < 1.29 is 0 Å². The fourth-order valence-corrected chi connectivity index (χ4v) is 2.39. The molecule has 90 valence electrons. The van der Waals surface area contributed by atoms with Crippen molar-refractivity contribution >= 4 is 21.8 Å². The molecule has 1 N–H and O–H groups in total. The Morgan fingerprint density at radius 1 is 0.842 bits per heavy atom. The maximum absolute atomic E-state index is 4.73. The van der Waals surface area contributed by atoms with Crippen LogP contribution >= 0.6 is 0 Å². The van der Waals surface area contributed by atoms with Crippen LogP contribution in [0, 0.1) is 0 Å². The number of benzene rings is 2. The molecular formula is C16H11N3. The number of nitrogens with one attached hydrogen (secondary N) is 1. The average molecular weight is 245 g/mol. The van der Waals surface area contributed by atoms with Gasteiger partial charge in [0.15, 0.2) is 0 Å². The van der Waals surface area contributed by atoms with Gasteiger partial charge < -0.3 is 4.98 Å². The van der Waals surface area contributed by atoms with Crippen LogP contribution in [0.15, 0.2) is 60.9 Å². The Morgan fingerprint density at radius 3 is 2.58 bits per heavy atom. The maximum Gasteiger partial charge on any atom is 0.138 e. The van der Waals surface area contributed by atoms with Gasteiger partial charge in [0.2, 0.25) is 0 Å². The van der Waals surface area contributed by atoms with E-state index in [2.05, 4.69) is 34.2 Å². The minimum Gasteiger partial charge on any atom is -0.338 e. The minimum atomic E-state index is 0.883. The van der Waals surface area contributed by atoms with Gasteiger partial charge in [0.25, 0.3) is 0 Å². The van der Waals surface area contributed by atoms with Crippen LogP contribution in [0.2, 0.25) is 0 Å². The zero-order valence-electron chi connectivity index (χ0n) is 10.2. The number of H-pyrrole nitrogens is 1. The quantitative estimate of drug-likeness (QED) is 0.554. The van der Waals surface area contributed by atoms with Crippen LogP contribution in [0.25, 0.3) is 33.2 Å². The SMILES string of the molecule is c1ccc2c(c1)ccc1[nH]c(-c3ccncc3)nc12. The topological polar surface area (TPSA) is 41.6 Å². The first kappa shape index (κ1) is 10.3. The van der Waals surface area contributed by atoms with E-state index < -0.39 is 0 Å². The van der Waals surface area contributed by atoms with Crippen LogP contribution < -0.4 is 0 Å². The maximum atomic E-state index is 4.73. The molecule has 0 bridgehead atoms. The summed E-state index contributed by atoms with van der Waals surface area (Å²) in [7, 11) is 0. The molecule has 3 heteroatoms. The highest BCUT2D eigenvalue weighted by Crippen LogP contribution is 2.26. The van der Waals surface area contributed by atoms with Crippen LogP contribution in [0.4, 0.5) is 0 Å². The molecule has 0 fully saturated rings. The number of rotatable bonds is 1. The highest BCUT2D eigenvalue weighted by molar-refractivity contribution is 6.04. The molecule has 2 aromatic carbocycles. The highest BCUT2D eigenvalue weighted by Gasteiger charge is 2.07. The second kappa shape index (κ2) is 3.92. The number of fused-ring (bicyclic) bond motifs is 3. The number of aromatic nitrogens is 3. The summed E-state index contributed by atoms with van der Waals surface area (Å²) in [6.45, 7) is 0. The summed E-state index contributed by atoms with van der Waals surface area (Å²) in [4.78, 5) is 12.1. The summed E-state index contributed by atoms with van der Waals surface area (Å²) in [6.07, 6.45) is 3.56. The third-order valence-corrected chi connectivity index (χ3v) is 3.33. The van der Waals surface area contributed by atoms with Gasteiger partial charge in [0, 0.05) is 23.3 Å². The average Bonchev–Trinajstić information content (AvgIpc) is 2.93. The molecule has 0 saturated heterocycles. The van der Waals surface area contributed by atoms with Crippen molar-refractivity contribution in [1.29, 1.82) is 0 Å². The van der Waals surface area contributed by atoms with Crippen molar-refractivity contribution in [2.24, 2.45) is 0 Å². The number of imidazole rings is 1. The lowest BCUT2D eigenvalue weighted by atomic mass is 10.1. The van der Waals surface area contributed by atoms with Crippen molar-refractivity contribution in [3.05, 3.63) is 60.9 Å². The lowest BCUT2D eigenvalue weighted by Gasteiger charge is -1.96. The summed E-state index contributed by atoms with van der Waals surface area (Å²) in [5.41, 5.74) is 3.13. The number of pyridine rings is 1. The van der Waals surface area contributed by atoms with Gasteiger partial charge in [-0.15, -0.1) is 0 Å². The Bertz CT molecular complexity index is 863. The predicted molar refractivity (Wildman–Crippen MR) is 76.8 cm³/mol. The Hall–Kier alpha value is -2.68. The van der Waals surface area contributed by atoms with Crippen molar-refractivity contribution in [3.63, 3.8) is 0 Å². The first-order valence-corrected chi connectivity index (χ1v) is 6.20. The molecule has 0 aliphatic heterocycles. The molecule has 19 heavy (non-hydrogen) atoms. The molecule has 0 spiro atoms. The Labute approximate surface area is 110 Å². The Balaban J connectivity index is 2.04. The fraction of sp³-hybridized carbons (Fsp3) is 0. The molecule has 0 aliphatic rings. The van der Waals surface area contributed by atoms with Gasteiger partial charge >= 0.3 is 0 Å². The van der Waals surface area contributed by atoms with E-state index in [1.54, 1.807) is 12.4 Å². The molecule has 0 radical (unpaired) electrons. The molecule has 0 amide bonds. The van der Waals surface area contributed by atoms with E-state index in [9.17, 15) is 0 Å². The van der Waals surface area contributed by atoms with E-state index in [4.69, 9.17) is 4.98 Å². The first-order chi connectivity index (χ1) is 9.42. The highest BCUT2D eigenvalue weighted by atomic mass is 14.9. The molecule has 2 heterocycles. The van der Waals surface area contributed by atoms with Gasteiger partial charge in [0.1, 0.15) is 5.82 Å². The second-order valence-electron chi connectivity index (χ2n) is 4.50. The second-order valence-corrected chi connectivity index (χ2v) is 4.50. The van der Waals surface area contributed by atoms with E-state index in [1.807, 2.05) is 24.3 Å². The van der Waals surface area contributed by atoms with E-state index in [-0.39, 0.29) is 0 Å². The fourth-order valence-electron chi connectivity index (χ4n) is 2.39. The third-order valence-electron chi connectivity index (χ3n) is 3.33. The lowest BCUT2D eigenvalue weighted by Crippen LogP contribution is -1.79. The van der Waals surface area contributed by atoms with Gasteiger partial charge in [-0.3, -0.25) is 4.98 Å². The lowest BCUT2D eigenvalue weighted by molar-refractivity contribution is 1.28. The first-order valence-electron chi connectivity index (χ1n) is 6.20. The number of nitrogens with zero attached hydrogens (tertiary/aromatic N) is 2. The monoisotopic (exact) mass is 245 g/mol. The number of aromatic amines is 1. The number of hydrogen-bond acceptors (Lipinski definition) is 2. The van der Waals surface area contributed by atoms with Gasteiger partial charge in [-0.25, -0.2) is 4.98 Å². The van der Waals surface area contributed by atoms with Crippen LogP contribution in [0.5, 0.6) is 0 Å². The zero-order chi connectivity index (χ0) is 12.7.